The molecule has 25 heavy (non-hydrogen) atoms. The molecule has 0 radical (unpaired) electrons. The summed E-state index contributed by atoms with van der Waals surface area (Å²) in [5.74, 6) is -0.705. The highest BCUT2D eigenvalue weighted by atomic mass is 16.5. The van der Waals surface area contributed by atoms with Crippen LogP contribution in [0.3, 0.4) is 0 Å². The van der Waals surface area contributed by atoms with Crippen molar-refractivity contribution in [2.75, 3.05) is 26.3 Å². The smallest absolute Gasteiger partial charge is 0.341 e. The topological polar surface area (TPSA) is 97.5 Å². The van der Waals surface area contributed by atoms with E-state index >= 15 is 0 Å². The number of nitriles is 1. The average molecular weight is 346 g/mol. The number of likely N-dealkylation sites (tertiary alicyclic amines) is 1. The van der Waals surface area contributed by atoms with Gasteiger partial charge in [0.2, 0.25) is 0 Å². The van der Waals surface area contributed by atoms with Gasteiger partial charge in [0.1, 0.15) is 12.3 Å². The summed E-state index contributed by atoms with van der Waals surface area (Å²) in [4.78, 5) is 25.7. The zero-order valence-electron chi connectivity index (χ0n) is 14.5. The van der Waals surface area contributed by atoms with E-state index in [9.17, 15) is 9.59 Å². The minimum atomic E-state index is -0.388. The van der Waals surface area contributed by atoms with Crippen molar-refractivity contribution in [2.45, 2.75) is 32.7 Å². The highest BCUT2D eigenvalue weighted by molar-refractivity contribution is 5.97. The lowest BCUT2D eigenvalue weighted by Crippen LogP contribution is -2.39. The summed E-state index contributed by atoms with van der Waals surface area (Å²) in [5.41, 5.74) is 0.427. The number of piperidine rings is 1. The molecule has 0 aromatic carbocycles. The molecular formula is C17H22N4O4. The van der Waals surface area contributed by atoms with E-state index in [4.69, 9.17) is 14.7 Å². The van der Waals surface area contributed by atoms with Crippen LogP contribution in [0.15, 0.2) is 24.2 Å². The Kier molecular flexibility index (Phi) is 6.57. The number of nitrogens with zero attached hydrogens (tertiary/aromatic N) is 4. The van der Waals surface area contributed by atoms with Crippen LogP contribution in [0.4, 0.5) is 0 Å². The molecule has 1 aromatic rings. The Morgan fingerprint density at radius 2 is 2.08 bits per heavy atom. The maximum absolute atomic E-state index is 12.3. The summed E-state index contributed by atoms with van der Waals surface area (Å²) in [6, 6.07) is 1.99. The molecule has 0 aliphatic carbocycles. The highest BCUT2D eigenvalue weighted by Crippen LogP contribution is 2.23. The molecule has 134 valence electrons. The van der Waals surface area contributed by atoms with Gasteiger partial charge in [0.15, 0.2) is 5.57 Å². The summed E-state index contributed by atoms with van der Waals surface area (Å²) in [6.07, 6.45) is 5.78. The lowest BCUT2D eigenvalue weighted by Gasteiger charge is -2.31. The molecule has 0 N–H and O–H groups in total. The van der Waals surface area contributed by atoms with E-state index in [1.807, 2.05) is 6.07 Å². The maximum atomic E-state index is 12.3. The van der Waals surface area contributed by atoms with Gasteiger partial charge in [0, 0.05) is 19.3 Å². The van der Waals surface area contributed by atoms with Crippen LogP contribution in [-0.4, -0.2) is 52.9 Å². The van der Waals surface area contributed by atoms with Gasteiger partial charge >= 0.3 is 5.97 Å². The van der Waals surface area contributed by atoms with Crippen LogP contribution < -0.4 is 0 Å². The van der Waals surface area contributed by atoms with Gasteiger partial charge in [-0.1, -0.05) is 0 Å². The van der Waals surface area contributed by atoms with Crippen LogP contribution in [0, 0.1) is 11.3 Å². The van der Waals surface area contributed by atoms with Crippen LogP contribution >= 0.6 is 0 Å². The second-order valence-electron chi connectivity index (χ2n) is 5.55. The normalized spacial score (nSPS) is 15.6. The molecule has 1 fully saturated rings. The molecule has 8 heteroatoms. The van der Waals surface area contributed by atoms with Crippen LogP contribution in [0.1, 0.15) is 43.1 Å². The number of carbonyl (C=O) groups excluding carboxylic acids is 2. The number of hydrogen-bond donors (Lipinski definition) is 0. The number of hydrogen-bond acceptors (Lipinski definition) is 6. The predicted molar refractivity (Wildman–Crippen MR) is 88.4 cm³/mol. The Morgan fingerprint density at radius 3 is 2.68 bits per heavy atom. The number of ether oxygens (including phenoxy) is 2. The first-order valence-electron chi connectivity index (χ1n) is 8.33. The van der Waals surface area contributed by atoms with Gasteiger partial charge in [-0.3, -0.25) is 9.48 Å². The molecule has 1 aliphatic rings. The van der Waals surface area contributed by atoms with Crippen molar-refractivity contribution in [3.05, 3.63) is 29.8 Å². The summed E-state index contributed by atoms with van der Waals surface area (Å²) in [7, 11) is 0. The fraction of sp³-hybridized carbons (Fsp3) is 0.529. The predicted octanol–water partition coefficient (Wildman–Crippen LogP) is 1.67. The third kappa shape index (κ3) is 4.59. The summed E-state index contributed by atoms with van der Waals surface area (Å²) in [6.45, 7) is 5.30. The molecule has 0 spiro atoms. The van der Waals surface area contributed by atoms with E-state index in [1.165, 1.54) is 12.5 Å². The van der Waals surface area contributed by atoms with Gasteiger partial charge in [0.05, 0.1) is 31.0 Å². The fourth-order valence-electron chi connectivity index (χ4n) is 2.65. The number of carbonyl (C=O) groups is 2. The van der Waals surface area contributed by atoms with E-state index < -0.39 is 0 Å². The van der Waals surface area contributed by atoms with Gasteiger partial charge in [-0.15, -0.1) is 0 Å². The first-order valence-corrected chi connectivity index (χ1v) is 8.33. The van der Waals surface area contributed by atoms with Crippen molar-refractivity contribution in [1.29, 1.82) is 5.26 Å². The van der Waals surface area contributed by atoms with Crippen molar-refractivity contribution in [1.82, 2.24) is 14.7 Å². The summed E-state index contributed by atoms with van der Waals surface area (Å²) >= 11 is 0. The Morgan fingerprint density at radius 1 is 1.36 bits per heavy atom. The molecular weight excluding hydrogens is 324 g/mol. The average Bonchev–Trinajstić information content (AvgIpc) is 3.13. The quantitative estimate of drug-likeness (QED) is 0.336. The Balaban J connectivity index is 1.94. The Labute approximate surface area is 146 Å². The van der Waals surface area contributed by atoms with Crippen molar-refractivity contribution in [3.8, 4) is 6.07 Å². The van der Waals surface area contributed by atoms with Gasteiger partial charge < -0.3 is 14.4 Å². The lowest BCUT2D eigenvalue weighted by atomic mass is 10.0. The van der Waals surface area contributed by atoms with E-state index in [2.05, 4.69) is 5.10 Å². The van der Waals surface area contributed by atoms with Crippen LogP contribution in [0.25, 0.3) is 0 Å². The van der Waals surface area contributed by atoms with Crippen molar-refractivity contribution in [2.24, 2.45) is 0 Å². The first-order chi connectivity index (χ1) is 12.1. The molecule has 1 aliphatic heterocycles. The van der Waals surface area contributed by atoms with Gasteiger partial charge in [0.25, 0.3) is 5.91 Å². The third-order valence-electron chi connectivity index (χ3n) is 3.96. The number of rotatable bonds is 6. The van der Waals surface area contributed by atoms with Gasteiger partial charge in [-0.2, -0.15) is 10.4 Å². The van der Waals surface area contributed by atoms with E-state index in [-0.39, 0.29) is 23.5 Å². The SMILES string of the molecule is CCO/C=C(\C#N)C(=O)N1CCC(n2cc(C(=O)OCC)cn2)CC1. The second-order valence-corrected chi connectivity index (χ2v) is 5.55. The second kappa shape index (κ2) is 8.87. The zero-order valence-corrected chi connectivity index (χ0v) is 14.5. The van der Waals surface area contributed by atoms with Crippen molar-refractivity contribution < 1.29 is 19.1 Å². The molecule has 1 aromatic heterocycles. The van der Waals surface area contributed by atoms with E-state index in [0.29, 0.717) is 44.7 Å². The van der Waals surface area contributed by atoms with Crippen LogP contribution in [-0.2, 0) is 14.3 Å². The van der Waals surface area contributed by atoms with Crippen LogP contribution in [0.2, 0.25) is 0 Å². The minimum absolute atomic E-state index is 0.00369. The molecule has 0 atom stereocenters. The van der Waals surface area contributed by atoms with E-state index in [0.717, 1.165) is 0 Å². The van der Waals surface area contributed by atoms with Crippen molar-refractivity contribution >= 4 is 11.9 Å². The number of esters is 1. The summed E-state index contributed by atoms with van der Waals surface area (Å²) in [5, 5.41) is 13.3. The number of amides is 1. The largest absolute Gasteiger partial charge is 0.500 e. The molecule has 2 heterocycles. The first kappa shape index (κ1) is 18.5. The molecule has 0 saturated carbocycles. The van der Waals surface area contributed by atoms with Gasteiger partial charge in [-0.25, -0.2) is 4.79 Å². The molecule has 2 rings (SSSR count). The standard InChI is InChI=1S/C17H22N4O4/c1-3-24-12-13(9-18)16(22)20-7-5-15(6-8-20)21-11-14(10-19-21)17(23)25-4-2/h10-12,15H,3-8H2,1-2H3/b13-12+. The van der Waals surface area contributed by atoms with Crippen molar-refractivity contribution in [3.63, 3.8) is 0 Å². The maximum Gasteiger partial charge on any atom is 0.341 e. The molecule has 1 amide bonds. The van der Waals surface area contributed by atoms with Gasteiger partial charge in [-0.05, 0) is 26.7 Å². The van der Waals surface area contributed by atoms with Crippen LogP contribution in [0.5, 0.6) is 0 Å². The highest BCUT2D eigenvalue weighted by Gasteiger charge is 2.27. The Bertz CT molecular complexity index is 681. The lowest BCUT2D eigenvalue weighted by molar-refractivity contribution is -0.128. The molecule has 1 saturated heterocycles. The van der Waals surface area contributed by atoms with E-state index in [1.54, 1.807) is 29.6 Å². The molecule has 0 bridgehead atoms. The fourth-order valence-corrected chi connectivity index (χ4v) is 2.65. The Hall–Kier alpha value is -2.82. The molecule has 0 unspecified atom stereocenters. The minimum Gasteiger partial charge on any atom is -0.500 e. The summed E-state index contributed by atoms with van der Waals surface area (Å²) < 4.78 is 11.7. The monoisotopic (exact) mass is 346 g/mol. The number of aromatic nitrogens is 2. The third-order valence-corrected chi connectivity index (χ3v) is 3.96. The molecule has 8 nitrogen and oxygen atoms in total. The zero-order chi connectivity index (χ0) is 18.2.